The minimum atomic E-state index is -2.41. The Morgan fingerprint density at radius 1 is 1.19 bits per heavy atom. The quantitative estimate of drug-likeness (QED) is 0.336. The highest BCUT2D eigenvalue weighted by Gasteiger charge is 2.48. The Morgan fingerprint density at radius 3 is 2.33 bits per heavy atom. The van der Waals surface area contributed by atoms with Gasteiger partial charge in [-0.3, -0.25) is 29.4 Å². The lowest BCUT2D eigenvalue weighted by atomic mass is 9.85. The normalized spacial score (nSPS) is 25.1. The number of amides is 5. The number of nitrogens with one attached hydrogen (secondary N) is 3. The lowest BCUT2D eigenvalue weighted by Gasteiger charge is -2.36. The molecule has 3 fully saturated rings. The van der Waals surface area contributed by atoms with Crippen molar-refractivity contribution < 1.29 is 28.4 Å². The molecule has 5 amide bonds. The molecule has 0 aromatic rings. The average molecular weight is 530 g/mol. The van der Waals surface area contributed by atoms with Crippen LogP contribution in [0.25, 0.3) is 0 Å². The number of nitrogens with zero attached hydrogens (tertiary/aromatic N) is 2. The van der Waals surface area contributed by atoms with Gasteiger partial charge in [-0.25, -0.2) is 9.40 Å². The molecule has 202 valence electrons. The molecule has 0 spiro atoms. The summed E-state index contributed by atoms with van der Waals surface area (Å²) in [6.07, 6.45) is 2.30. The molecule has 0 aromatic heterocycles. The van der Waals surface area contributed by atoms with Gasteiger partial charge in [0.2, 0.25) is 17.7 Å². The first-order valence-electron chi connectivity index (χ1n) is 12.4. The van der Waals surface area contributed by atoms with Crippen molar-refractivity contribution in [3.63, 3.8) is 0 Å². The first kappa shape index (κ1) is 28.1. The van der Waals surface area contributed by atoms with Crippen LogP contribution in [0.3, 0.4) is 0 Å². The number of rotatable bonds is 7. The molecule has 36 heavy (non-hydrogen) atoms. The van der Waals surface area contributed by atoms with Gasteiger partial charge >= 0.3 is 0 Å². The fraction of sp³-hybridized carbons (Fsp3) is 0.792. The second-order valence-corrected chi connectivity index (χ2v) is 12.3. The number of carbonyl (C=O) groups is 5. The minimum absolute atomic E-state index is 0.0895. The molecule has 0 aromatic carbocycles. The molecular formula is C24H37ClFN5O5. The van der Waals surface area contributed by atoms with E-state index in [4.69, 9.17) is 11.6 Å². The minimum Gasteiger partial charge on any atom is -0.356 e. The van der Waals surface area contributed by atoms with Gasteiger partial charge in [0.1, 0.15) is 12.1 Å². The number of hydrogen-bond acceptors (Lipinski definition) is 5. The summed E-state index contributed by atoms with van der Waals surface area (Å²) >= 11 is 5.37. The fourth-order valence-corrected chi connectivity index (χ4v) is 4.83. The van der Waals surface area contributed by atoms with Gasteiger partial charge in [-0.1, -0.05) is 46.2 Å². The predicted molar refractivity (Wildman–Crippen MR) is 130 cm³/mol. The van der Waals surface area contributed by atoms with Crippen LogP contribution in [0.2, 0.25) is 0 Å². The fourth-order valence-electron chi connectivity index (χ4n) is 4.71. The van der Waals surface area contributed by atoms with E-state index in [-0.39, 0.29) is 30.8 Å². The second-order valence-electron chi connectivity index (χ2n) is 11.9. The van der Waals surface area contributed by atoms with Gasteiger partial charge in [0.05, 0.1) is 12.5 Å². The first-order valence-corrected chi connectivity index (χ1v) is 12.8. The highest BCUT2D eigenvalue weighted by molar-refractivity contribution is 6.29. The first-order chi connectivity index (χ1) is 16.6. The van der Waals surface area contributed by atoms with E-state index < -0.39 is 52.2 Å². The van der Waals surface area contributed by atoms with Crippen molar-refractivity contribution in [1.82, 2.24) is 26.0 Å². The van der Waals surface area contributed by atoms with Gasteiger partial charge in [-0.05, 0) is 36.5 Å². The molecule has 2 heterocycles. The summed E-state index contributed by atoms with van der Waals surface area (Å²) in [6, 6.07) is -1.82. The Labute approximate surface area is 216 Å². The summed E-state index contributed by atoms with van der Waals surface area (Å²) in [5.74, 6) is -3.45. The van der Waals surface area contributed by atoms with Gasteiger partial charge in [-0.2, -0.15) is 0 Å². The van der Waals surface area contributed by atoms with Crippen LogP contribution in [0, 0.1) is 22.7 Å². The molecule has 2 saturated heterocycles. The van der Waals surface area contributed by atoms with Crippen molar-refractivity contribution in [2.45, 2.75) is 78.0 Å². The molecule has 10 nitrogen and oxygen atoms in total. The molecule has 0 radical (unpaired) electrons. The molecule has 2 aliphatic heterocycles. The Bertz CT molecular complexity index is 917. The second kappa shape index (κ2) is 10.5. The summed E-state index contributed by atoms with van der Waals surface area (Å²) in [4.78, 5) is 65.5. The average Bonchev–Trinajstić information content (AvgIpc) is 3.47. The standard InChI is InChI=1S/C24H37ClFN5O5/c1-23(2,3)16(28-19(33)13-6-7-13)21(35)30-12-24(4,5)10-15(30)20(34)29-31(22(36)17(25)26)11-14-8-9-27-18(14)32/h13-17H,6-12H2,1-5H3,(H,27,32)(H,28,33)(H,29,34)/t14-,15-,16?,17?/m0/s1. The third-order valence-corrected chi connectivity index (χ3v) is 7.10. The molecule has 2 unspecified atom stereocenters. The van der Waals surface area contributed by atoms with Crippen molar-refractivity contribution in [1.29, 1.82) is 0 Å². The van der Waals surface area contributed by atoms with Crippen molar-refractivity contribution in [2.24, 2.45) is 22.7 Å². The lowest BCUT2D eigenvalue weighted by Crippen LogP contribution is -2.60. The van der Waals surface area contributed by atoms with Crippen molar-refractivity contribution >= 4 is 41.1 Å². The van der Waals surface area contributed by atoms with E-state index in [0.717, 1.165) is 17.9 Å². The van der Waals surface area contributed by atoms with Gasteiger partial charge in [-0.15, -0.1) is 0 Å². The van der Waals surface area contributed by atoms with Crippen molar-refractivity contribution in [2.75, 3.05) is 19.6 Å². The molecule has 3 N–H and O–H groups in total. The smallest absolute Gasteiger partial charge is 0.291 e. The summed E-state index contributed by atoms with van der Waals surface area (Å²) in [6.45, 7) is 9.79. The zero-order valence-electron chi connectivity index (χ0n) is 21.5. The van der Waals surface area contributed by atoms with E-state index in [1.54, 1.807) is 0 Å². The molecule has 4 atom stereocenters. The summed E-state index contributed by atoms with van der Waals surface area (Å²) in [7, 11) is 0. The van der Waals surface area contributed by atoms with Crippen LogP contribution < -0.4 is 16.1 Å². The largest absolute Gasteiger partial charge is 0.356 e. The molecule has 3 rings (SSSR count). The van der Waals surface area contributed by atoms with Crippen molar-refractivity contribution in [3.05, 3.63) is 0 Å². The topological polar surface area (TPSA) is 128 Å². The number of halogens is 2. The van der Waals surface area contributed by atoms with Crippen LogP contribution in [-0.4, -0.2) is 76.8 Å². The van der Waals surface area contributed by atoms with Crippen molar-refractivity contribution in [3.8, 4) is 0 Å². The van der Waals surface area contributed by atoms with Crippen LogP contribution in [-0.2, 0) is 24.0 Å². The van der Waals surface area contributed by atoms with Crippen LogP contribution in [0.4, 0.5) is 4.39 Å². The Morgan fingerprint density at radius 2 is 1.83 bits per heavy atom. The van der Waals surface area contributed by atoms with E-state index in [1.165, 1.54) is 4.90 Å². The SMILES string of the molecule is CC1(C)C[C@@H](C(=O)NN(C[C@@H]2CCNC2=O)C(=O)C(F)Cl)N(C(=O)C(NC(=O)C2CC2)C(C)(C)C)C1. The molecule has 3 aliphatic rings. The molecule has 1 aliphatic carbocycles. The third-order valence-electron chi connectivity index (χ3n) is 6.92. The summed E-state index contributed by atoms with van der Waals surface area (Å²) < 4.78 is 13.7. The van der Waals surface area contributed by atoms with E-state index in [2.05, 4.69) is 16.1 Å². The third kappa shape index (κ3) is 6.66. The Hall–Kier alpha value is -2.43. The van der Waals surface area contributed by atoms with Crippen LogP contribution in [0.1, 0.15) is 60.3 Å². The molecule has 0 bridgehead atoms. The summed E-state index contributed by atoms with van der Waals surface area (Å²) in [5.41, 5.74) is -1.03. The van der Waals surface area contributed by atoms with Gasteiger partial charge in [0, 0.05) is 19.0 Å². The van der Waals surface area contributed by atoms with E-state index >= 15 is 0 Å². The van der Waals surface area contributed by atoms with E-state index in [1.807, 2.05) is 34.6 Å². The predicted octanol–water partition coefficient (Wildman–Crippen LogP) is 1.08. The van der Waals surface area contributed by atoms with Gasteiger partial charge < -0.3 is 15.5 Å². The Kier molecular flexibility index (Phi) is 8.22. The summed E-state index contributed by atoms with van der Waals surface area (Å²) in [5, 5.41) is 6.24. The zero-order valence-corrected chi connectivity index (χ0v) is 22.3. The van der Waals surface area contributed by atoms with E-state index in [0.29, 0.717) is 19.4 Å². The maximum Gasteiger partial charge on any atom is 0.291 e. The number of alkyl halides is 2. The Balaban J connectivity index is 1.80. The number of likely N-dealkylation sites (tertiary alicyclic amines) is 1. The van der Waals surface area contributed by atoms with E-state index in [9.17, 15) is 28.4 Å². The number of hydrazine groups is 1. The number of carbonyl (C=O) groups excluding carboxylic acids is 5. The maximum atomic E-state index is 13.7. The molecule has 12 heteroatoms. The highest BCUT2D eigenvalue weighted by atomic mass is 35.5. The number of hydrogen-bond donors (Lipinski definition) is 3. The molecular weight excluding hydrogens is 493 g/mol. The van der Waals surface area contributed by atoms with Gasteiger partial charge in [0.25, 0.3) is 17.4 Å². The lowest BCUT2D eigenvalue weighted by molar-refractivity contribution is -0.150. The highest BCUT2D eigenvalue weighted by Crippen LogP contribution is 2.36. The zero-order chi connectivity index (χ0) is 27.0. The van der Waals surface area contributed by atoms with Crippen LogP contribution >= 0.6 is 11.6 Å². The van der Waals surface area contributed by atoms with Crippen LogP contribution in [0.15, 0.2) is 0 Å². The molecule has 1 saturated carbocycles. The van der Waals surface area contributed by atoms with Crippen LogP contribution in [0.5, 0.6) is 0 Å². The maximum absolute atomic E-state index is 13.7. The monoisotopic (exact) mass is 529 g/mol. The van der Waals surface area contributed by atoms with Gasteiger partial charge in [0.15, 0.2) is 0 Å².